The number of carbonyl (C=O) groups is 1. The van der Waals surface area contributed by atoms with Gasteiger partial charge >= 0.3 is 6.18 Å². The molecule has 0 bridgehead atoms. The molecule has 1 unspecified atom stereocenters. The molecule has 1 atom stereocenters. The van der Waals surface area contributed by atoms with E-state index in [4.69, 9.17) is 0 Å². The van der Waals surface area contributed by atoms with Gasteiger partial charge in [-0.1, -0.05) is 38.6 Å². The maximum Gasteiger partial charge on any atom is 0.416 e. The summed E-state index contributed by atoms with van der Waals surface area (Å²) in [6.07, 6.45) is -4.48. The van der Waals surface area contributed by atoms with E-state index in [1.807, 2.05) is 20.8 Å². The molecule has 3 rings (SSSR count). The van der Waals surface area contributed by atoms with Gasteiger partial charge in [0, 0.05) is 29.5 Å². The van der Waals surface area contributed by atoms with Crippen LogP contribution in [0.25, 0.3) is 0 Å². The van der Waals surface area contributed by atoms with Gasteiger partial charge in [0.1, 0.15) is 0 Å². The van der Waals surface area contributed by atoms with E-state index in [9.17, 15) is 22.8 Å². The lowest BCUT2D eigenvalue weighted by atomic mass is 9.92. The number of hydrogen-bond acceptors (Lipinski definition) is 4. The van der Waals surface area contributed by atoms with Crippen LogP contribution >= 0.6 is 11.8 Å². The number of amides is 1. The molecule has 2 aromatic rings. The van der Waals surface area contributed by atoms with E-state index in [0.29, 0.717) is 16.6 Å². The fourth-order valence-electron chi connectivity index (χ4n) is 2.77. The summed E-state index contributed by atoms with van der Waals surface area (Å²) in [5.74, 6) is -0.582. The van der Waals surface area contributed by atoms with Crippen LogP contribution in [0.3, 0.4) is 0 Å². The first-order valence-corrected chi connectivity index (χ1v) is 9.67. The van der Waals surface area contributed by atoms with Gasteiger partial charge < -0.3 is 5.32 Å². The van der Waals surface area contributed by atoms with E-state index in [2.05, 4.69) is 10.3 Å². The number of nitrogens with one attached hydrogen (secondary N) is 1. The number of rotatable bonds is 2. The van der Waals surface area contributed by atoms with E-state index in [-0.39, 0.29) is 23.2 Å². The molecule has 0 spiro atoms. The third-order valence-corrected chi connectivity index (χ3v) is 5.53. The van der Waals surface area contributed by atoms with Crippen molar-refractivity contribution in [1.82, 2.24) is 9.55 Å². The Morgan fingerprint density at radius 1 is 1.25 bits per heavy atom. The van der Waals surface area contributed by atoms with Gasteiger partial charge in [-0.2, -0.15) is 13.2 Å². The Hall–Kier alpha value is -2.29. The molecule has 1 N–H and O–H groups in total. The molecule has 1 aromatic carbocycles. The van der Waals surface area contributed by atoms with Crippen molar-refractivity contribution in [1.29, 1.82) is 0 Å². The van der Waals surface area contributed by atoms with Gasteiger partial charge in [0.2, 0.25) is 5.91 Å². The van der Waals surface area contributed by atoms with Crippen LogP contribution in [0.2, 0.25) is 0 Å². The maximum atomic E-state index is 12.8. The average molecular weight is 411 g/mol. The number of benzene rings is 1. The van der Waals surface area contributed by atoms with Crippen LogP contribution in [0.4, 0.5) is 18.9 Å². The molecule has 1 aliphatic heterocycles. The van der Waals surface area contributed by atoms with Gasteiger partial charge in [-0.3, -0.25) is 14.2 Å². The highest BCUT2D eigenvalue weighted by Crippen LogP contribution is 2.32. The monoisotopic (exact) mass is 411 g/mol. The summed E-state index contributed by atoms with van der Waals surface area (Å²) in [5, 5.41) is 3.08. The predicted octanol–water partition coefficient (Wildman–Crippen LogP) is 3.92. The number of aromatic nitrogens is 2. The minimum absolute atomic E-state index is 0.0733. The summed E-state index contributed by atoms with van der Waals surface area (Å²) < 4.78 is 39.9. The molecule has 150 valence electrons. The smallest absolute Gasteiger partial charge is 0.326 e. The number of hydrogen-bond donors (Lipinski definition) is 1. The molecule has 0 saturated heterocycles. The largest absolute Gasteiger partial charge is 0.416 e. The van der Waals surface area contributed by atoms with Crippen LogP contribution in [0, 0.1) is 5.92 Å². The standard InChI is InChI=1S/C19H20F3N3O2S/c1-18(2,3)14-8-15(26)25-9-11(10-28-17(25)24-14)16(27)23-13-6-4-5-12(7-13)19(20,21)22/h4-8,11H,9-10H2,1-3H3,(H,23,27). The van der Waals surface area contributed by atoms with Crippen molar-refractivity contribution in [3.05, 3.63) is 51.9 Å². The highest BCUT2D eigenvalue weighted by atomic mass is 32.2. The summed E-state index contributed by atoms with van der Waals surface area (Å²) in [6.45, 7) is 6.03. The van der Waals surface area contributed by atoms with E-state index in [1.165, 1.54) is 34.5 Å². The number of anilines is 1. The zero-order chi connectivity index (χ0) is 20.7. The minimum atomic E-state index is -4.48. The van der Waals surface area contributed by atoms with Crippen molar-refractivity contribution in [2.24, 2.45) is 5.92 Å². The number of thioether (sulfide) groups is 1. The molecule has 1 amide bonds. The second kappa shape index (κ2) is 7.27. The molecule has 0 fully saturated rings. The van der Waals surface area contributed by atoms with E-state index < -0.39 is 23.6 Å². The highest BCUT2D eigenvalue weighted by molar-refractivity contribution is 7.99. The van der Waals surface area contributed by atoms with Crippen LogP contribution in [-0.2, 0) is 22.9 Å². The Morgan fingerprint density at radius 2 is 1.96 bits per heavy atom. The minimum Gasteiger partial charge on any atom is -0.326 e. The van der Waals surface area contributed by atoms with E-state index in [0.717, 1.165) is 12.1 Å². The first kappa shape index (κ1) is 20.4. The average Bonchev–Trinajstić information content (AvgIpc) is 2.60. The van der Waals surface area contributed by atoms with Crippen LogP contribution in [-0.4, -0.2) is 21.2 Å². The summed E-state index contributed by atoms with van der Waals surface area (Å²) in [6, 6.07) is 5.95. The Bertz CT molecular complexity index is 964. The fraction of sp³-hybridized carbons (Fsp3) is 0.421. The van der Waals surface area contributed by atoms with Gasteiger partial charge in [-0.25, -0.2) is 4.98 Å². The normalized spacial score (nSPS) is 17.1. The van der Waals surface area contributed by atoms with Crippen LogP contribution in [0.15, 0.2) is 40.3 Å². The molecule has 2 heterocycles. The second-order valence-corrected chi connectivity index (χ2v) is 8.69. The molecule has 0 saturated carbocycles. The third kappa shape index (κ3) is 4.40. The lowest BCUT2D eigenvalue weighted by Gasteiger charge is -2.26. The Morgan fingerprint density at radius 3 is 2.61 bits per heavy atom. The quantitative estimate of drug-likeness (QED) is 0.761. The van der Waals surface area contributed by atoms with Crippen LogP contribution in [0.5, 0.6) is 0 Å². The molecule has 1 aromatic heterocycles. The SMILES string of the molecule is CC(C)(C)c1cc(=O)n2c(n1)SCC(C(=O)Nc1cccc(C(F)(F)F)c1)C2. The van der Waals surface area contributed by atoms with Gasteiger partial charge in [0.25, 0.3) is 5.56 Å². The zero-order valence-electron chi connectivity index (χ0n) is 15.6. The van der Waals surface area contributed by atoms with Crippen LogP contribution in [0.1, 0.15) is 32.0 Å². The van der Waals surface area contributed by atoms with Crippen molar-refractivity contribution in [3.63, 3.8) is 0 Å². The number of carbonyl (C=O) groups excluding carboxylic acids is 1. The lowest BCUT2D eigenvalue weighted by molar-refractivity contribution is -0.137. The summed E-state index contributed by atoms with van der Waals surface area (Å²) in [5.41, 5.74) is -0.581. The van der Waals surface area contributed by atoms with Gasteiger partial charge in [-0.15, -0.1) is 0 Å². The van der Waals surface area contributed by atoms with E-state index >= 15 is 0 Å². The topological polar surface area (TPSA) is 64.0 Å². The zero-order valence-corrected chi connectivity index (χ0v) is 16.4. The van der Waals surface area contributed by atoms with Gasteiger partial charge in [-0.05, 0) is 18.2 Å². The van der Waals surface area contributed by atoms with Gasteiger partial charge in [0.15, 0.2) is 5.16 Å². The third-order valence-electron chi connectivity index (χ3n) is 4.39. The maximum absolute atomic E-state index is 12.8. The van der Waals surface area contributed by atoms with Crippen molar-refractivity contribution >= 4 is 23.4 Å². The molecular formula is C19H20F3N3O2S. The molecule has 5 nitrogen and oxygen atoms in total. The van der Waals surface area contributed by atoms with Crippen molar-refractivity contribution in [2.75, 3.05) is 11.1 Å². The Balaban J connectivity index is 1.77. The van der Waals surface area contributed by atoms with Crippen LogP contribution < -0.4 is 10.9 Å². The van der Waals surface area contributed by atoms with Crippen molar-refractivity contribution in [3.8, 4) is 0 Å². The molecule has 28 heavy (non-hydrogen) atoms. The molecule has 9 heteroatoms. The first-order valence-electron chi connectivity index (χ1n) is 8.68. The van der Waals surface area contributed by atoms with Crippen molar-refractivity contribution < 1.29 is 18.0 Å². The number of fused-ring (bicyclic) bond motifs is 1. The number of nitrogens with zero attached hydrogens (tertiary/aromatic N) is 2. The summed E-state index contributed by atoms with van der Waals surface area (Å²) in [4.78, 5) is 29.5. The summed E-state index contributed by atoms with van der Waals surface area (Å²) in [7, 11) is 0. The number of alkyl halides is 3. The second-order valence-electron chi connectivity index (χ2n) is 7.70. The lowest BCUT2D eigenvalue weighted by Crippen LogP contribution is -2.37. The molecule has 0 radical (unpaired) electrons. The van der Waals surface area contributed by atoms with Crippen molar-refractivity contribution in [2.45, 2.75) is 44.1 Å². The number of halogens is 3. The molecule has 0 aliphatic carbocycles. The highest BCUT2D eigenvalue weighted by Gasteiger charge is 2.31. The first-order chi connectivity index (χ1) is 12.9. The fourth-order valence-corrected chi connectivity index (χ4v) is 3.86. The molecule has 1 aliphatic rings. The predicted molar refractivity (Wildman–Crippen MR) is 101 cm³/mol. The Labute approximate surface area is 164 Å². The Kier molecular flexibility index (Phi) is 5.31. The van der Waals surface area contributed by atoms with Gasteiger partial charge in [0.05, 0.1) is 17.2 Å². The van der Waals surface area contributed by atoms with E-state index in [1.54, 1.807) is 0 Å². The summed E-state index contributed by atoms with van der Waals surface area (Å²) >= 11 is 1.30. The molecular weight excluding hydrogens is 391 g/mol.